The molecule has 0 saturated carbocycles. The Morgan fingerprint density at radius 2 is 2.14 bits per heavy atom. The van der Waals surface area contributed by atoms with Crippen molar-refractivity contribution in [3.05, 3.63) is 34.7 Å². The lowest BCUT2D eigenvalue weighted by atomic mass is 10.2. The second-order valence-electron chi connectivity index (χ2n) is 3.02. The number of fused-ring (bicyclic) bond motifs is 1. The summed E-state index contributed by atoms with van der Waals surface area (Å²) in [5, 5.41) is 10.5. The summed E-state index contributed by atoms with van der Waals surface area (Å²) in [6.45, 7) is 1.93. The molecule has 2 aromatic rings. The fraction of sp³-hybridized carbons (Fsp3) is 0.200. The van der Waals surface area contributed by atoms with Crippen LogP contribution >= 0.6 is 12.2 Å². The van der Waals surface area contributed by atoms with E-state index in [2.05, 4.69) is 4.98 Å². The summed E-state index contributed by atoms with van der Waals surface area (Å²) >= 11 is 5.12. The lowest BCUT2D eigenvalue weighted by molar-refractivity contribution is 0.168. The van der Waals surface area contributed by atoms with Crippen molar-refractivity contribution in [1.29, 1.82) is 0 Å². The maximum atomic E-state index is 9.65. The first-order valence-corrected chi connectivity index (χ1v) is 4.84. The summed E-state index contributed by atoms with van der Waals surface area (Å²) in [5.74, 6) is 0.591. The van der Waals surface area contributed by atoms with E-state index in [-0.39, 0.29) is 0 Å². The van der Waals surface area contributed by atoms with E-state index in [4.69, 9.17) is 12.2 Å². The average Bonchev–Trinajstić information content (AvgIpc) is 2.23. The zero-order valence-corrected chi connectivity index (χ0v) is 8.58. The fourth-order valence-corrected chi connectivity index (χ4v) is 1.68. The summed E-state index contributed by atoms with van der Waals surface area (Å²) in [5.41, 5.74) is 0.833. The minimum absolute atomic E-state index is 0.424. The van der Waals surface area contributed by atoms with Crippen LogP contribution in [0.4, 0.5) is 0 Å². The van der Waals surface area contributed by atoms with Gasteiger partial charge in [-0.05, 0) is 12.1 Å². The Labute approximate surface area is 86.6 Å². The van der Waals surface area contributed by atoms with E-state index in [0.717, 1.165) is 15.6 Å². The fourth-order valence-electron chi connectivity index (χ4n) is 1.40. The van der Waals surface area contributed by atoms with E-state index >= 15 is 0 Å². The van der Waals surface area contributed by atoms with Crippen molar-refractivity contribution in [1.82, 2.24) is 9.71 Å². The first-order chi connectivity index (χ1) is 6.74. The van der Waals surface area contributed by atoms with E-state index in [9.17, 15) is 5.21 Å². The summed E-state index contributed by atoms with van der Waals surface area (Å²) in [7, 11) is 0. The van der Waals surface area contributed by atoms with Gasteiger partial charge < -0.3 is 5.21 Å². The highest BCUT2D eigenvalue weighted by Crippen LogP contribution is 2.13. The van der Waals surface area contributed by atoms with Crippen molar-refractivity contribution in [2.75, 3.05) is 0 Å². The van der Waals surface area contributed by atoms with Gasteiger partial charge in [0.15, 0.2) is 4.64 Å². The number of rotatable bonds is 1. The van der Waals surface area contributed by atoms with E-state index < -0.39 is 0 Å². The highest BCUT2D eigenvalue weighted by atomic mass is 32.1. The monoisotopic (exact) mass is 206 g/mol. The number of benzene rings is 1. The number of nitrogens with zero attached hydrogens (tertiary/aromatic N) is 2. The molecule has 2 rings (SSSR count). The molecule has 0 aliphatic rings. The predicted molar refractivity (Wildman–Crippen MR) is 57.1 cm³/mol. The minimum Gasteiger partial charge on any atom is -0.426 e. The Hall–Kier alpha value is -1.42. The van der Waals surface area contributed by atoms with Crippen LogP contribution in [0.3, 0.4) is 0 Å². The van der Waals surface area contributed by atoms with Crippen LogP contribution in [0, 0.1) is 4.64 Å². The van der Waals surface area contributed by atoms with E-state index in [1.54, 1.807) is 0 Å². The van der Waals surface area contributed by atoms with Crippen molar-refractivity contribution >= 4 is 23.1 Å². The van der Waals surface area contributed by atoms with Crippen molar-refractivity contribution in [2.45, 2.75) is 13.3 Å². The molecule has 0 unspecified atom stereocenters. The molecule has 1 N–H and O–H groups in total. The van der Waals surface area contributed by atoms with Gasteiger partial charge in [-0.25, -0.2) is 4.98 Å². The van der Waals surface area contributed by atoms with Gasteiger partial charge in [0.25, 0.3) is 0 Å². The van der Waals surface area contributed by atoms with E-state index in [1.165, 1.54) is 0 Å². The van der Waals surface area contributed by atoms with Crippen LogP contribution in [0.2, 0.25) is 0 Å². The lowest BCUT2D eigenvalue weighted by Gasteiger charge is -2.06. The van der Waals surface area contributed by atoms with E-state index in [1.807, 2.05) is 31.2 Å². The summed E-state index contributed by atoms with van der Waals surface area (Å²) < 4.78 is 1.41. The largest absolute Gasteiger partial charge is 0.426 e. The standard InChI is InChI=1S/C10H10N2OS/c1-2-9-11-8-6-4-3-5-7(8)10(14)12(9)13/h3-6,13H,2H2,1H3. The molecule has 3 nitrogen and oxygen atoms in total. The predicted octanol–water partition coefficient (Wildman–Crippen LogP) is 2.57. The van der Waals surface area contributed by atoms with Crippen molar-refractivity contribution in [2.24, 2.45) is 0 Å². The van der Waals surface area contributed by atoms with Crippen molar-refractivity contribution in [3.63, 3.8) is 0 Å². The number of hydrogen-bond acceptors (Lipinski definition) is 3. The molecule has 0 saturated heterocycles. The molecule has 1 heterocycles. The maximum absolute atomic E-state index is 9.65. The molecule has 14 heavy (non-hydrogen) atoms. The van der Waals surface area contributed by atoms with Gasteiger partial charge in [-0.2, -0.15) is 4.73 Å². The molecule has 0 bridgehead atoms. The maximum Gasteiger partial charge on any atom is 0.153 e. The molecule has 0 amide bonds. The van der Waals surface area contributed by atoms with Crippen LogP contribution in [-0.4, -0.2) is 14.9 Å². The van der Waals surface area contributed by atoms with Gasteiger partial charge in [0.1, 0.15) is 5.82 Å². The quantitative estimate of drug-likeness (QED) is 0.575. The number of aryl methyl sites for hydroxylation is 1. The molecule has 1 aromatic heterocycles. The third-order valence-corrected chi connectivity index (χ3v) is 2.53. The van der Waals surface area contributed by atoms with Gasteiger partial charge in [-0.3, -0.25) is 0 Å². The molecule has 4 heteroatoms. The van der Waals surface area contributed by atoms with Crippen LogP contribution in [0.25, 0.3) is 10.9 Å². The first-order valence-electron chi connectivity index (χ1n) is 4.44. The highest BCUT2D eigenvalue weighted by molar-refractivity contribution is 7.71. The smallest absolute Gasteiger partial charge is 0.153 e. The van der Waals surface area contributed by atoms with Gasteiger partial charge in [-0.15, -0.1) is 0 Å². The van der Waals surface area contributed by atoms with Crippen LogP contribution in [0.5, 0.6) is 0 Å². The number of aromatic nitrogens is 2. The molecular weight excluding hydrogens is 196 g/mol. The van der Waals surface area contributed by atoms with Gasteiger partial charge in [0.05, 0.1) is 5.52 Å². The SMILES string of the molecule is CCc1nc2ccccc2c(=S)n1O. The number of para-hydroxylation sites is 1. The molecular formula is C10H10N2OS. The van der Waals surface area contributed by atoms with Crippen LogP contribution in [-0.2, 0) is 6.42 Å². The average molecular weight is 206 g/mol. The zero-order valence-electron chi connectivity index (χ0n) is 7.77. The lowest BCUT2D eigenvalue weighted by Crippen LogP contribution is -2.06. The Kier molecular flexibility index (Phi) is 2.21. The molecule has 0 spiro atoms. The third-order valence-electron chi connectivity index (χ3n) is 2.14. The second kappa shape index (κ2) is 3.38. The topological polar surface area (TPSA) is 38.0 Å². The third kappa shape index (κ3) is 1.28. The summed E-state index contributed by atoms with van der Waals surface area (Å²) in [6.07, 6.45) is 0.658. The zero-order chi connectivity index (χ0) is 10.1. The Morgan fingerprint density at radius 1 is 1.43 bits per heavy atom. The summed E-state index contributed by atoms with van der Waals surface area (Å²) in [4.78, 5) is 4.30. The Bertz CT molecular complexity index is 533. The van der Waals surface area contributed by atoms with Gasteiger partial charge in [-0.1, -0.05) is 31.3 Å². The molecule has 0 radical (unpaired) electrons. The Morgan fingerprint density at radius 3 is 2.86 bits per heavy atom. The van der Waals surface area contributed by atoms with Crippen LogP contribution in [0.15, 0.2) is 24.3 Å². The van der Waals surface area contributed by atoms with Crippen LogP contribution < -0.4 is 0 Å². The van der Waals surface area contributed by atoms with E-state index in [0.29, 0.717) is 16.9 Å². The van der Waals surface area contributed by atoms with Gasteiger partial charge >= 0.3 is 0 Å². The number of hydrogen-bond donors (Lipinski definition) is 1. The minimum atomic E-state index is 0.424. The molecule has 0 aliphatic carbocycles. The highest BCUT2D eigenvalue weighted by Gasteiger charge is 2.04. The Balaban J connectivity index is 2.92. The summed E-state index contributed by atoms with van der Waals surface area (Å²) in [6, 6.07) is 7.54. The molecule has 72 valence electrons. The normalized spacial score (nSPS) is 10.6. The van der Waals surface area contributed by atoms with Gasteiger partial charge in [0, 0.05) is 11.8 Å². The van der Waals surface area contributed by atoms with Crippen LogP contribution in [0.1, 0.15) is 12.7 Å². The first kappa shape index (κ1) is 9.15. The van der Waals surface area contributed by atoms with Crippen molar-refractivity contribution < 1.29 is 5.21 Å². The molecule has 1 aromatic carbocycles. The molecule has 0 atom stereocenters. The molecule has 0 aliphatic heterocycles. The van der Waals surface area contributed by atoms with Crippen molar-refractivity contribution in [3.8, 4) is 0 Å². The van der Waals surface area contributed by atoms with Gasteiger partial charge in [0.2, 0.25) is 0 Å². The molecule has 0 fully saturated rings. The second-order valence-corrected chi connectivity index (χ2v) is 3.40.